The van der Waals surface area contributed by atoms with E-state index in [4.69, 9.17) is 9.15 Å². The average molecular weight is 360 g/mol. The maximum absolute atomic E-state index is 12.1. The summed E-state index contributed by atoms with van der Waals surface area (Å²) >= 11 is 0. The third-order valence-corrected chi connectivity index (χ3v) is 4.72. The minimum atomic E-state index is -0.370. The molecule has 4 heteroatoms. The molecule has 0 aliphatic heterocycles. The van der Waals surface area contributed by atoms with Crippen molar-refractivity contribution in [3.63, 3.8) is 0 Å². The van der Waals surface area contributed by atoms with Crippen LogP contribution in [0.1, 0.15) is 83.6 Å². The van der Waals surface area contributed by atoms with Crippen LogP contribution in [0, 0.1) is 0 Å². The molecule has 0 atom stereocenters. The molecule has 0 bridgehead atoms. The first-order valence-electron chi connectivity index (χ1n) is 10.3. The van der Waals surface area contributed by atoms with Crippen LogP contribution in [0.15, 0.2) is 27.4 Å². The number of rotatable bonds is 13. The van der Waals surface area contributed by atoms with Crippen molar-refractivity contribution in [2.45, 2.75) is 84.5 Å². The summed E-state index contributed by atoms with van der Waals surface area (Å²) in [5, 5.41) is 0.523. The van der Waals surface area contributed by atoms with Gasteiger partial charge in [0.05, 0.1) is 17.5 Å². The van der Waals surface area contributed by atoms with Gasteiger partial charge in [0.25, 0.3) is 0 Å². The Balaban J connectivity index is 1.92. The molecule has 2 rings (SSSR count). The van der Waals surface area contributed by atoms with Crippen LogP contribution in [0.25, 0.3) is 10.9 Å². The van der Waals surface area contributed by atoms with Crippen molar-refractivity contribution in [2.75, 3.05) is 6.61 Å². The van der Waals surface area contributed by atoms with Gasteiger partial charge in [-0.05, 0) is 37.0 Å². The second kappa shape index (κ2) is 11.7. The van der Waals surface area contributed by atoms with Crippen LogP contribution < -0.4 is 10.4 Å². The normalized spacial score (nSPS) is 11.2. The Hall–Kier alpha value is -1.84. The second-order valence-corrected chi connectivity index (χ2v) is 7.05. The van der Waals surface area contributed by atoms with Crippen LogP contribution >= 0.6 is 0 Å². The number of ether oxygens (including phenoxy) is 1. The van der Waals surface area contributed by atoms with Gasteiger partial charge in [-0.1, -0.05) is 71.3 Å². The summed E-state index contributed by atoms with van der Waals surface area (Å²) in [7, 11) is 0. The molecule has 0 unspecified atom stereocenters. The van der Waals surface area contributed by atoms with Gasteiger partial charge in [0.15, 0.2) is 0 Å². The van der Waals surface area contributed by atoms with E-state index in [1.807, 2.05) is 18.2 Å². The summed E-state index contributed by atoms with van der Waals surface area (Å²) in [6.07, 6.45) is 13.2. The molecule has 26 heavy (non-hydrogen) atoms. The Kier molecular flexibility index (Phi) is 9.22. The van der Waals surface area contributed by atoms with Crippen molar-refractivity contribution in [2.24, 2.45) is 0 Å². The van der Waals surface area contributed by atoms with E-state index in [-0.39, 0.29) is 11.7 Å². The molecule has 0 aliphatic carbocycles. The maximum Gasteiger partial charge on any atom is 0.397 e. The number of fused-ring (bicyclic) bond motifs is 1. The highest BCUT2D eigenvalue weighted by Gasteiger charge is 2.08. The SMILES string of the molecule is CCCCCCCOc1nc2cc(CCCCCCC)ccc2c(=O)o1. The monoisotopic (exact) mass is 359 g/mol. The number of aryl methyl sites for hydroxylation is 1. The van der Waals surface area contributed by atoms with E-state index < -0.39 is 0 Å². The van der Waals surface area contributed by atoms with Crippen LogP contribution in [-0.4, -0.2) is 11.6 Å². The molecule has 4 nitrogen and oxygen atoms in total. The molecule has 144 valence electrons. The van der Waals surface area contributed by atoms with Gasteiger partial charge >= 0.3 is 11.7 Å². The first-order chi connectivity index (χ1) is 12.7. The van der Waals surface area contributed by atoms with Gasteiger partial charge in [0, 0.05) is 0 Å². The van der Waals surface area contributed by atoms with Crippen molar-refractivity contribution in [3.05, 3.63) is 34.2 Å². The van der Waals surface area contributed by atoms with E-state index in [1.165, 1.54) is 56.9 Å². The lowest BCUT2D eigenvalue weighted by atomic mass is 10.0. The van der Waals surface area contributed by atoms with Gasteiger partial charge in [-0.2, -0.15) is 4.98 Å². The number of nitrogens with zero attached hydrogens (tertiary/aromatic N) is 1. The number of unbranched alkanes of at least 4 members (excludes halogenated alkanes) is 8. The quantitative estimate of drug-likeness (QED) is 0.408. The van der Waals surface area contributed by atoms with E-state index >= 15 is 0 Å². The molecular formula is C22H33NO3. The van der Waals surface area contributed by atoms with Crippen LogP contribution in [-0.2, 0) is 6.42 Å². The first kappa shape index (κ1) is 20.5. The molecular weight excluding hydrogens is 326 g/mol. The second-order valence-electron chi connectivity index (χ2n) is 7.05. The van der Waals surface area contributed by atoms with E-state index in [0.29, 0.717) is 17.5 Å². The molecule has 2 aromatic rings. The first-order valence-corrected chi connectivity index (χ1v) is 10.3. The van der Waals surface area contributed by atoms with Crippen molar-refractivity contribution < 1.29 is 9.15 Å². The minimum Gasteiger partial charge on any atom is -0.450 e. The molecule has 0 spiro atoms. The van der Waals surface area contributed by atoms with Gasteiger partial charge in [0.1, 0.15) is 0 Å². The molecule has 1 aromatic heterocycles. The Labute approximate surface area is 157 Å². The highest BCUT2D eigenvalue weighted by atomic mass is 16.6. The van der Waals surface area contributed by atoms with Crippen LogP contribution in [0.5, 0.6) is 6.08 Å². The topological polar surface area (TPSA) is 52.3 Å². The molecule has 0 radical (unpaired) electrons. The highest BCUT2D eigenvalue weighted by molar-refractivity contribution is 5.77. The molecule has 1 aromatic carbocycles. The Morgan fingerprint density at radius 2 is 1.62 bits per heavy atom. The third kappa shape index (κ3) is 6.81. The zero-order chi connectivity index (χ0) is 18.6. The summed E-state index contributed by atoms with van der Waals surface area (Å²) in [5.41, 5.74) is 1.52. The van der Waals surface area contributed by atoms with Crippen molar-refractivity contribution >= 4 is 10.9 Å². The summed E-state index contributed by atoms with van der Waals surface area (Å²) in [6.45, 7) is 4.97. The number of aromatic nitrogens is 1. The molecule has 0 saturated carbocycles. The zero-order valence-electron chi connectivity index (χ0n) is 16.4. The Bertz CT molecular complexity index is 708. The van der Waals surface area contributed by atoms with Crippen LogP contribution in [0.2, 0.25) is 0 Å². The number of benzene rings is 1. The smallest absolute Gasteiger partial charge is 0.397 e. The minimum absolute atomic E-state index is 0.0955. The fraction of sp³-hybridized carbons (Fsp3) is 0.636. The summed E-state index contributed by atoms with van der Waals surface area (Å²) < 4.78 is 10.8. The van der Waals surface area contributed by atoms with Gasteiger partial charge in [-0.15, -0.1) is 0 Å². The molecule has 0 fully saturated rings. The molecule has 0 saturated heterocycles. The largest absolute Gasteiger partial charge is 0.450 e. The standard InChI is InChI=1S/C22H33NO3/c1-3-5-7-9-11-13-18-14-15-19-20(17-18)23-22(26-21(19)24)25-16-12-10-8-6-4-2/h14-15,17H,3-13,16H2,1-2H3. The van der Waals surface area contributed by atoms with E-state index in [0.717, 1.165) is 19.3 Å². The average Bonchev–Trinajstić information content (AvgIpc) is 2.64. The molecule has 0 aliphatic rings. The van der Waals surface area contributed by atoms with Gasteiger partial charge in [-0.3, -0.25) is 0 Å². The summed E-state index contributed by atoms with van der Waals surface area (Å²) in [5.74, 6) is 0. The lowest BCUT2D eigenvalue weighted by Gasteiger charge is -2.06. The van der Waals surface area contributed by atoms with E-state index in [2.05, 4.69) is 18.8 Å². The highest BCUT2D eigenvalue weighted by Crippen LogP contribution is 2.17. The van der Waals surface area contributed by atoms with Gasteiger partial charge in [-0.25, -0.2) is 4.79 Å². The summed E-state index contributed by atoms with van der Waals surface area (Å²) in [4.78, 5) is 16.5. The number of hydrogen-bond donors (Lipinski definition) is 0. The fourth-order valence-corrected chi connectivity index (χ4v) is 3.11. The molecule has 0 N–H and O–H groups in total. The lowest BCUT2D eigenvalue weighted by Crippen LogP contribution is -2.06. The Morgan fingerprint density at radius 1 is 0.923 bits per heavy atom. The van der Waals surface area contributed by atoms with E-state index in [1.54, 1.807) is 0 Å². The van der Waals surface area contributed by atoms with E-state index in [9.17, 15) is 4.79 Å². The van der Waals surface area contributed by atoms with Crippen molar-refractivity contribution in [1.82, 2.24) is 4.98 Å². The third-order valence-electron chi connectivity index (χ3n) is 4.72. The van der Waals surface area contributed by atoms with Gasteiger partial charge < -0.3 is 9.15 Å². The molecule has 1 heterocycles. The van der Waals surface area contributed by atoms with Gasteiger partial charge in [0.2, 0.25) is 0 Å². The zero-order valence-corrected chi connectivity index (χ0v) is 16.4. The van der Waals surface area contributed by atoms with Crippen molar-refractivity contribution in [3.8, 4) is 6.08 Å². The predicted molar refractivity (Wildman–Crippen MR) is 107 cm³/mol. The summed E-state index contributed by atoms with van der Waals surface area (Å²) in [6, 6.07) is 5.83. The molecule has 0 amide bonds. The fourth-order valence-electron chi connectivity index (χ4n) is 3.11. The lowest BCUT2D eigenvalue weighted by molar-refractivity contribution is 0.211. The predicted octanol–water partition coefficient (Wildman–Crippen LogP) is 6.05. The number of hydrogen-bond acceptors (Lipinski definition) is 4. The van der Waals surface area contributed by atoms with Crippen molar-refractivity contribution in [1.29, 1.82) is 0 Å². The Morgan fingerprint density at radius 3 is 2.35 bits per heavy atom. The van der Waals surface area contributed by atoms with Crippen LogP contribution in [0.3, 0.4) is 0 Å². The van der Waals surface area contributed by atoms with Crippen LogP contribution in [0.4, 0.5) is 0 Å². The maximum atomic E-state index is 12.1.